The summed E-state index contributed by atoms with van der Waals surface area (Å²) in [4.78, 5) is 38.3. The molecular formula is C22H24FN5O4. The minimum absolute atomic E-state index is 0.0789. The quantitative estimate of drug-likeness (QED) is 0.384. The number of carbonyl (C=O) groups excluding carboxylic acids is 3. The summed E-state index contributed by atoms with van der Waals surface area (Å²) >= 11 is 0. The number of aliphatic hydroxyl groups excluding tert-OH is 1. The molecule has 9 nitrogen and oxygen atoms in total. The number of Topliss-reactive ketones (excluding diaryl/α,β-unsaturated/α-hetero) is 1. The van der Waals surface area contributed by atoms with Crippen LogP contribution >= 0.6 is 0 Å². The zero-order chi connectivity index (χ0) is 23.6. The van der Waals surface area contributed by atoms with E-state index in [1.807, 2.05) is 0 Å². The first-order chi connectivity index (χ1) is 15.1. The van der Waals surface area contributed by atoms with Gasteiger partial charge in [-0.05, 0) is 50.1 Å². The largest absolute Gasteiger partial charge is 0.394 e. The molecule has 2 amide bonds. The van der Waals surface area contributed by atoms with E-state index in [0.717, 1.165) is 0 Å². The summed E-state index contributed by atoms with van der Waals surface area (Å²) < 4.78 is 16.4. The predicted octanol–water partition coefficient (Wildman–Crippen LogP) is 2.35. The zero-order valence-corrected chi connectivity index (χ0v) is 18.2. The van der Waals surface area contributed by atoms with Gasteiger partial charge < -0.3 is 20.3 Å². The number of hydrogen-bond donors (Lipinski definition) is 3. The Bertz CT molecular complexity index is 1210. The van der Waals surface area contributed by atoms with E-state index in [2.05, 4.69) is 15.7 Å². The van der Waals surface area contributed by atoms with Crippen molar-refractivity contribution in [2.45, 2.75) is 27.3 Å². The van der Waals surface area contributed by atoms with Crippen molar-refractivity contribution in [2.24, 2.45) is 7.05 Å². The van der Waals surface area contributed by atoms with Crippen LogP contribution in [-0.4, -0.2) is 43.7 Å². The first-order valence-electron chi connectivity index (χ1n) is 9.87. The maximum Gasteiger partial charge on any atom is 0.299 e. The van der Waals surface area contributed by atoms with Crippen LogP contribution in [0.3, 0.4) is 0 Å². The Kier molecular flexibility index (Phi) is 6.54. The summed E-state index contributed by atoms with van der Waals surface area (Å²) in [5, 5.41) is 18.1. The van der Waals surface area contributed by atoms with E-state index in [1.165, 1.54) is 33.5 Å². The molecule has 0 radical (unpaired) electrons. The summed E-state index contributed by atoms with van der Waals surface area (Å²) in [6.45, 7) is 4.99. The highest BCUT2D eigenvalue weighted by Gasteiger charge is 2.29. The molecule has 168 valence electrons. The van der Waals surface area contributed by atoms with Gasteiger partial charge in [-0.25, -0.2) is 4.39 Å². The average Bonchev–Trinajstić information content (AvgIpc) is 3.26. The van der Waals surface area contributed by atoms with Gasteiger partial charge in [0.05, 0.1) is 24.4 Å². The second-order valence-electron chi connectivity index (χ2n) is 7.38. The van der Waals surface area contributed by atoms with Gasteiger partial charge in [-0.15, -0.1) is 0 Å². The molecule has 0 spiro atoms. The van der Waals surface area contributed by atoms with Crippen LogP contribution in [0.1, 0.15) is 37.7 Å². The molecular weight excluding hydrogens is 417 g/mol. The summed E-state index contributed by atoms with van der Waals surface area (Å²) in [7, 11) is 1.59. The van der Waals surface area contributed by atoms with Crippen molar-refractivity contribution in [3.05, 3.63) is 64.4 Å². The van der Waals surface area contributed by atoms with E-state index in [-0.39, 0.29) is 36.0 Å². The van der Waals surface area contributed by atoms with Gasteiger partial charge in [0.25, 0.3) is 17.6 Å². The summed E-state index contributed by atoms with van der Waals surface area (Å²) in [6, 6.07) is 5.73. The predicted molar refractivity (Wildman–Crippen MR) is 116 cm³/mol. The normalized spacial score (nSPS) is 10.8. The van der Waals surface area contributed by atoms with Gasteiger partial charge in [0.15, 0.2) is 5.82 Å². The number of nitrogens with one attached hydrogen (secondary N) is 2. The molecule has 0 aliphatic rings. The Hall–Kier alpha value is -3.79. The smallest absolute Gasteiger partial charge is 0.299 e. The molecule has 0 saturated carbocycles. The molecule has 3 N–H and O–H groups in total. The van der Waals surface area contributed by atoms with E-state index in [0.29, 0.717) is 22.5 Å². The summed E-state index contributed by atoms with van der Waals surface area (Å²) in [5.41, 5.74) is 2.00. The van der Waals surface area contributed by atoms with E-state index < -0.39 is 17.6 Å². The number of nitrogens with zero attached hydrogens (tertiary/aromatic N) is 3. The van der Waals surface area contributed by atoms with Gasteiger partial charge in [-0.3, -0.25) is 19.1 Å². The first-order valence-corrected chi connectivity index (χ1v) is 9.87. The zero-order valence-electron chi connectivity index (χ0n) is 18.2. The second kappa shape index (κ2) is 9.15. The lowest BCUT2D eigenvalue weighted by molar-refractivity contribution is -0.112. The second-order valence-corrected chi connectivity index (χ2v) is 7.38. The molecule has 0 fully saturated rings. The van der Waals surface area contributed by atoms with Gasteiger partial charge in [0.2, 0.25) is 0 Å². The fraction of sp³-hybridized carbons (Fsp3) is 0.273. The number of benzene rings is 1. The van der Waals surface area contributed by atoms with Crippen LogP contribution in [0.2, 0.25) is 0 Å². The minimum Gasteiger partial charge on any atom is -0.394 e. The third kappa shape index (κ3) is 4.45. The van der Waals surface area contributed by atoms with Crippen LogP contribution in [0, 0.1) is 26.6 Å². The molecule has 0 atom stereocenters. The Labute approximate surface area is 183 Å². The van der Waals surface area contributed by atoms with Gasteiger partial charge in [0.1, 0.15) is 5.82 Å². The third-order valence-corrected chi connectivity index (χ3v) is 5.21. The van der Waals surface area contributed by atoms with Crippen molar-refractivity contribution in [2.75, 3.05) is 17.2 Å². The first kappa shape index (κ1) is 22.9. The topological polar surface area (TPSA) is 118 Å². The number of anilines is 2. The highest BCUT2D eigenvalue weighted by atomic mass is 19.1. The Morgan fingerprint density at radius 3 is 2.50 bits per heavy atom. The molecule has 3 rings (SSSR count). The maximum atomic E-state index is 13.5. The highest BCUT2D eigenvalue weighted by Crippen LogP contribution is 2.24. The molecule has 3 aromatic rings. The molecule has 0 saturated heterocycles. The van der Waals surface area contributed by atoms with Crippen molar-refractivity contribution in [1.82, 2.24) is 14.3 Å². The number of aromatic nitrogens is 3. The fourth-order valence-corrected chi connectivity index (χ4v) is 3.49. The molecule has 2 aromatic heterocycles. The molecule has 0 bridgehead atoms. The fourth-order valence-electron chi connectivity index (χ4n) is 3.49. The monoisotopic (exact) mass is 441 g/mol. The number of halogens is 1. The van der Waals surface area contributed by atoms with Crippen molar-refractivity contribution in [3.63, 3.8) is 0 Å². The number of aliphatic hydroxyl groups is 1. The lowest BCUT2D eigenvalue weighted by Gasteiger charge is -2.07. The number of rotatable bonds is 7. The van der Waals surface area contributed by atoms with Gasteiger partial charge in [-0.1, -0.05) is 0 Å². The van der Waals surface area contributed by atoms with Crippen LogP contribution in [0.15, 0.2) is 30.5 Å². The van der Waals surface area contributed by atoms with E-state index in [9.17, 15) is 18.8 Å². The van der Waals surface area contributed by atoms with E-state index >= 15 is 0 Å². The number of aryl methyl sites for hydroxylation is 1. The molecule has 0 unspecified atom stereocenters. The van der Waals surface area contributed by atoms with Gasteiger partial charge >= 0.3 is 0 Å². The number of hydrogen-bond acceptors (Lipinski definition) is 5. The van der Waals surface area contributed by atoms with E-state index in [4.69, 9.17) is 5.11 Å². The van der Waals surface area contributed by atoms with Crippen LogP contribution in [0.5, 0.6) is 0 Å². The van der Waals surface area contributed by atoms with Crippen LogP contribution in [-0.2, 0) is 18.4 Å². The SMILES string of the molecule is Cc1cc(NC(=O)c2c(C)c(C(=O)C(=O)Nc3ccn(CCO)n3)n(C)c2C)ccc1F. The molecule has 32 heavy (non-hydrogen) atoms. The summed E-state index contributed by atoms with van der Waals surface area (Å²) in [6.07, 6.45) is 1.56. The third-order valence-electron chi connectivity index (χ3n) is 5.21. The van der Waals surface area contributed by atoms with E-state index in [1.54, 1.807) is 34.0 Å². The number of ketones is 1. The van der Waals surface area contributed by atoms with Crippen molar-refractivity contribution >= 4 is 29.1 Å². The molecule has 0 aliphatic carbocycles. The Morgan fingerprint density at radius 1 is 1.12 bits per heavy atom. The Morgan fingerprint density at radius 2 is 1.84 bits per heavy atom. The number of carbonyl (C=O) groups is 3. The minimum atomic E-state index is -0.899. The van der Waals surface area contributed by atoms with Crippen molar-refractivity contribution < 1.29 is 23.9 Å². The van der Waals surface area contributed by atoms with Gasteiger partial charge in [0, 0.05) is 30.7 Å². The average molecular weight is 441 g/mol. The van der Waals surface area contributed by atoms with Crippen LogP contribution in [0.25, 0.3) is 0 Å². The lowest BCUT2D eigenvalue weighted by Crippen LogP contribution is -2.26. The molecule has 0 aliphatic heterocycles. The van der Waals surface area contributed by atoms with Gasteiger partial charge in [-0.2, -0.15) is 5.10 Å². The van der Waals surface area contributed by atoms with Crippen molar-refractivity contribution in [3.8, 4) is 0 Å². The van der Waals surface area contributed by atoms with Crippen molar-refractivity contribution in [1.29, 1.82) is 0 Å². The highest BCUT2D eigenvalue weighted by molar-refractivity contribution is 6.46. The molecule has 10 heteroatoms. The lowest BCUT2D eigenvalue weighted by atomic mass is 10.1. The Balaban J connectivity index is 1.83. The van der Waals surface area contributed by atoms with Crippen LogP contribution in [0.4, 0.5) is 15.9 Å². The molecule has 2 heterocycles. The standard InChI is InChI=1S/C22H24FN5O4/c1-12-11-15(5-6-16(12)23)24-21(31)18-13(2)19(27(4)14(18)3)20(30)22(32)25-17-7-8-28(26-17)9-10-29/h5-8,11,29H,9-10H2,1-4H3,(H,24,31)(H,25,26,32). The number of amides is 2. The maximum absolute atomic E-state index is 13.5. The molecule has 1 aromatic carbocycles. The van der Waals surface area contributed by atoms with Crippen LogP contribution < -0.4 is 10.6 Å². The summed E-state index contributed by atoms with van der Waals surface area (Å²) in [5.74, 6) is -2.39.